The molecule has 1 aromatic rings. The van der Waals surface area contributed by atoms with Crippen molar-refractivity contribution in [2.45, 2.75) is 37.8 Å². The number of rotatable bonds is 6. The van der Waals surface area contributed by atoms with Crippen LogP contribution in [0.4, 0.5) is 10.5 Å². The highest BCUT2D eigenvalue weighted by atomic mass is 16.5. The summed E-state index contributed by atoms with van der Waals surface area (Å²) in [5.41, 5.74) is 7.29. The molecule has 1 aromatic carbocycles. The predicted molar refractivity (Wildman–Crippen MR) is 100 cm³/mol. The largest absolute Gasteiger partial charge is 0.469 e. The van der Waals surface area contributed by atoms with E-state index < -0.39 is 11.9 Å². The normalized spacial score (nSPS) is 20.8. The van der Waals surface area contributed by atoms with Crippen molar-refractivity contribution in [1.29, 1.82) is 0 Å². The molecule has 0 aromatic heterocycles. The Morgan fingerprint density at radius 1 is 1.22 bits per heavy atom. The summed E-state index contributed by atoms with van der Waals surface area (Å²) in [5.74, 6) is -0.727. The maximum absolute atomic E-state index is 13.0. The molecule has 0 radical (unpaired) electrons. The number of nitrogens with zero attached hydrogens (tertiary/aromatic N) is 2. The van der Waals surface area contributed by atoms with Crippen LogP contribution < -0.4 is 16.0 Å². The van der Waals surface area contributed by atoms with Gasteiger partial charge in [0.05, 0.1) is 13.7 Å². The van der Waals surface area contributed by atoms with Crippen LogP contribution in [0.3, 0.4) is 0 Å². The van der Waals surface area contributed by atoms with Crippen molar-refractivity contribution in [3.8, 4) is 0 Å². The van der Waals surface area contributed by atoms with Crippen molar-refractivity contribution in [3.63, 3.8) is 0 Å². The molecule has 1 atom stereocenters. The molecule has 1 unspecified atom stereocenters. The third-order valence-electron chi connectivity index (χ3n) is 5.27. The monoisotopic (exact) mass is 374 g/mol. The van der Waals surface area contributed by atoms with Crippen LogP contribution in [0.15, 0.2) is 24.3 Å². The molecule has 0 aliphatic carbocycles. The van der Waals surface area contributed by atoms with Crippen LogP contribution >= 0.6 is 0 Å². The molecule has 2 aliphatic rings. The smallest absolute Gasteiger partial charge is 0.325 e. The average Bonchev–Trinajstić information content (AvgIpc) is 3.04. The summed E-state index contributed by atoms with van der Waals surface area (Å²) >= 11 is 0. The van der Waals surface area contributed by atoms with Gasteiger partial charge < -0.3 is 20.7 Å². The van der Waals surface area contributed by atoms with E-state index in [1.807, 2.05) is 24.3 Å². The molecule has 0 bridgehead atoms. The Bertz CT molecular complexity index is 700. The van der Waals surface area contributed by atoms with Crippen LogP contribution in [-0.2, 0) is 20.7 Å². The second-order valence-corrected chi connectivity index (χ2v) is 6.94. The van der Waals surface area contributed by atoms with Gasteiger partial charge in [-0.15, -0.1) is 0 Å². The summed E-state index contributed by atoms with van der Waals surface area (Å²) < 4.78 is 4.65. The zero-order valence-corrected chi connectivity index (χ0v) is 15.5. The quantitative estimate of drug-likeness (QED) is 0.711. The van der Waals surface area contributed by atoms with E-state index in [0.717, 1.165) is 37.2 Å². The third kappa shape index (κ3) is 4.21. The van der Waals surface area contributed by atoms with Gasteiger partial charge in [0.1, 0.15) is 6.04 Å². The van der Waals surface area contributed by atoms with E-state index in [0.29, 0.717) is 12.8 Å². The van der Waals surface area contributed by atoms with Crippen LogP contribution in [0.1, 0.15) is 24.8 Å². The number of carbonyl (C=O) groups is 3. The lowest BCUT2D eigenvalue weighted by molar-refractivity contribution is -0.140. The fourth-order valence-electron chi connectivity index (χ4n) is 3.74. The molecule has 8 heteroatoms. The van der Waals surface area contributed by atoms with Crippen LogP contribution in [0.5, 0.6) is 0 Å². The zero-order valence-electron chi connectivity index (χ0n) is 15.5. The van der Waals surface area contributed by atoms with Crippen LogP contribution in [0, 0.1) is 0 Å². The molecule has 8 nitrogen and oxygen atoms in total. The lowest BCUT2D eigenvalue weighted by atomic mass is 10.0. The lowest BCUT2D eigenvalue weighted by Gasteiger charge is -2.33. The Kier molecular flexibility index (Phi) is 5.95. The molecule has 27 heavy (non-hydrogen) atoms. The molecule has 2 fully saturated rings. The highest BCUT2D eigenvalue weighted by molar-refractivity contribution is 6.00. The number of piperidine rings is 1. The topological polar surface area (TPSA) is 105 Å². The number of methoxy groups -OCH3 is 1. The molecule has 3 rings (SSSR count). The molecular weight excluding hydrogens is 348 g/mol. The van der Waals surface area contributed by atoms with Crippen molar-refractivity contribution in [2.75, 3.05) is 31.6 Å². The number of anilines is 1. The number of hydrogen-bond acceptors (Lipinski definition) is 5. The molecular formula is C19H26N4O4. The second kappa shape index (κ2) is 8.39. The summed E-state index contributed by atoms with van der Waals surface area (Å²) in [4.78, 5) is 39.5. The van der Waals surface area contributed by atoms with Gasteiger partial charge in [-0.2, -0.15) is 0 Å². The first-order valence-electron chi connectivity index (χ1n) is 9.27. The number of aryl methyl sites for hydroxylation is 1. The van der Waals surface area contributed by atoms with Gasteiger partial charge in [0.25, 0.3) is 0 Å². The summed E-state index contributed by atoms with van der Waals surface area (Å²) in [6.07, 6.45) is 2.52. The van der Waals surface area contributed by atoms with Crippen molar-refractivity contribution in [1.82, 2.24) is 10.2 Å². The van der Waals surface area contributed by atoms with Gasteiger partial charge in [0, 0.05) is 18.2 Å². The number of benzene rings is 1. The zero-order chi connectivity index (χ0) is 19.4. The molecule has 2 aliphatic heterocycles. The van der Waals surface area contributed by atoms with Crippen LogP contribution in [-0.4, -0.2) is 61.6 Å². The highest BCUT2D eigenvalue weighted by Crippen LogP contribution is 2.28. The highest BCUT2D eigenvalue weighted by Gasteiger charge is 2.44. The lowest BCUT2D eigenvalue weighted by Crippen LogP contribution is -2.51. The molecule has 3 amide bonds. The fraction of sp³-hybridized carbons (Fsp3) is 0.526. The Morgan fingerprint density at radius 2 is 1.89 bits per heavy atom. The van der Waals surface area contributed by atoms with E-state index in [2.05, 4.69) is 10.1 Å². The molecule has 0 spiro atoms. The Morgan fingerprint density at radius 3 is 2.48 bits per heavy atom. The van der Waals surface area contributed by atoms with Gasteiger partial charge in [-0.25, -0.2) is 4.79 Å². The van der Waals surface area contributed by atoms with Crippen LogP contribution in [0.25, 0.3) is 0 Å². The van der Waals surface area contributed by atoms with E-state index >= 15 is 0 Å². The number of urea groups is 1. The minimum absolute atomic E-state index is 0.0283. The number of hydrogen-bond donors (Lipinski definition) is 2. The molecule has 0 saturated carbocycles. The van der Waals surface area contributed by atoms with Gasteiger partial charge in [0.2, 0.25) is 5.91 Å². The third-order valence-corrected chi connectivity index (χ3v) is 5.27. The van der Waals surface area contributed by atoms with E-state index in [1.165, 1.54) is 7.11 Å². The van der Waals surface area contributed by atoms with Crippen molar-refractivity contribution in [2.24, 2.45) is 5.73 Å². The maximum Gasteiger partial charge on any atom is 0.325 e. The number of primary amides is 1. The summed E-state index contributed by atoms with van der Waals surface area (Å²) in [6.45, 7) is 1.92. The van der Waals surface area contributed by atoms with E-state index in [1.54, 1.807) is 9.80 Å². The number of carbonyl (C=O) groups excluding carboxylic acids is 3. The van der Waals surface area contributed by atoms with Gasteiger partial charge in [0.15, 0.2) is 0 Å². The minimum Gasteiger partial charge on any atom is -0.469 e. The van der Waals surface area contributed by atoms with Gasteiger partial charge in [-0.1, -0.05) is 12.1 Å². The summed E-state index contributed by atoms with van der Waals surface area (Å²) in [6, 6.07) is 6.70. The van der Waals surface area contributed by atoms with E-state index in [9.17, 15) is 14.4 Å². The standard InChI is InChI=1S/C19H26N4O4/c1-27-17(24)7-4-13-2-5-14(6-3-13)22-12-16(18(20)25)23(19(22)26)15-8-10-21-11-9-15/h2-3,5-6,15-16,21H,4,7-12H2,1H3,(H2,20,25). The molecule has 2 heterocycles. The van der Waals surface area contributed by atoms with Crippen molar-refractivity contribution >= 4 is 23.6 Å². The number of esters is 1. The number of nitrogens with one attached hydrogen (secondary N) is 1. The average molecular weight is 374 g/mol. The number of amides is 3. The first-order chi connectivity index (χ1) is 13.0. The maximum atomic E-state index is 13.0. The number of nitrogens with two attached hydrogens (primary N) is 1. The first-order valence-corrected chi connectivity index (χ1v) is 9.27. The van der Waals surface area contributed by atoms with Gasteiger partial charge >= 0.3 is 12.0 Å². The van der Waals surface area contributed by atoms with E-state index in [-0.39, 0.29) is 24.6 Å². The molecule has 146 valence electrons. The summed E-state index contributed by atoms with van der Waals surface area (Å²) in [7, 11) is 1.37. The van der Waals surface area contributed by atoms with E-state index in [4.69, 9.17) is 5.73 Å². The molecule has 3 N–H and O–H groups in total. The van der Waals surface area contributed by atoms with Gasteiger partial charge in [-0.05, 0) is 50.0 Å². The minimum atomic E-state index is -0.611. The van der Waals surface area contributed by atoms with Crippen molar-refractivity contribution < 1.29 is 19.1 Å². The SMILES string of the molecule is COC(=O)CCc1ccc(N2CC(C(N)=O)N(C3CCNCC3)C2=O)cc1. The Labute approximate surface area is 158 Å². The van der Waals surface area contributed by atoms with Crippen molar-refractivity contribution in [3.05, 3.63) is 29.8 Å². The summed E-state index contributed by atoms with van der Waals surface area (Å²) in [5, 5.41) is 3.27. The fourth-order valence-corrected chi connectivity index (χ4v) is 3.74. The molecule has 2 saturated heterocycles. The second-order valence-electron chi connectivity index (χ2n) is 6.94. The van der Waals surface area contributed by atoms with Gasteiger partial charge in [-0.3, -0.25) is 14.5 Å². The Hall–Kier alpha value is -2.61. The first kappa shape index (κ1) is 19.2. The van der Waals surface area contributed by atoms with Crippen LogP contribution in [0.2, 0.25) is 0 Å². The Balaban J connectivity index is 1.73. The predicted octanol–water partition coefficient (Wildman–Crippen LogP) is 0.640. The number of ether oxygens (including phenoxy) is 1.